The van der Waals surface area contributed by atoms with Crippen molar-refractivity contribution in [1.82, 2.24) is 0 Å². The van der Waals surface area contributed by atoms with Crippen molar-refractivity contribution in [3.05, 3.63) is 65.7 Å². The molecule has 0 spiro atoms. The molecule has 5 heteroatoms. The van der Waals surface area contributed by atoms with E-state index in [2.05, 4.69) is 5.32 Å². The predicted molar refractivity (Wildman–Crippen MR) is 96.3 cm³/mol. The van der Waals surface area contributed by atoms with E-state index in [4.69, 9.17) is 9.47 Å². The molecule has 0 bridgehead atoms. The Labute approximate surface area is 148 Å². The third-order valence-corrected chi connectivity index (χ3v) is 3.54. The normalized spacial score (nSPS) is 10.1. The molecule has 2 rings (SSSR count). The van der Waals surface area contributed by atoms with Gasteiger partial charge in [-0.25, -0.2) is 4.79 Å². The van der Waals surface area contributed by atoms with Crippen LogP contribution in [0, 0.1) is 0 Å². The summed E-state index contributed by atoms with van der Waals surface area (Å²) in [7, 11) is 0. The lowest BCUT2D eigenvalue weighted by molar-refractivity contribution is -0.143. The third kappa shape index (κ3) is 7.08. The van der Waals surface area contributed by atoms with E-state index in [1.165, 1.54) is 0 Å². The van der Waals surface area contributed by atoms with Crippen LogP contribution in [0.1, 0.15) is 30.9 Å². The summed E-state index contributed by atoms with van der Waals surface area (Å²) in [5.74, 6) is -0.179. The maximum atomic E-state index is 11.9. The third-order valence-electron chi connectivity index (χ3n) is 3.54. The van der Waals surface area contributed by atoms with Gasteiger partial charge in [0.05, 0.1) is 6.61 Å². The lowest BCUT2D eigenvalue weighted by Gasteiger charge is -2.09. The number of nitrogens with one attached hydrogen (secondary N) is 1. The van der Waals surface area contributed by atoms with Crippen molar-refractivity contribution in [3.8, 4) is 0 Å². The molecule has 5 nitrogen and oxygen atoms in total. The second-order valence-corrected chi connectivity index (χ2v) is 5.55. The summed E-state index contributed by atoms with van der Waals surface area (Å²) in [6, 6.07) is 17.0. The fraction of sp³-hybridized carbons (Fsp3) is 0.300. The van der Waals surface area contributed by atoms with Crippen molar-refractivity contribution in [3.63, 3.8) is 0 Å². The van der Waals surface area contributed by atoms with Crippen LogP contribution in [0.4, 0.5) is 10.5 Å². The molecule has 0 fully saturated rings. The lowest BCUT2D eigenvalue weighted by Crippen LogP contribution is -2.13. The molecule has 25 heavy (non-hydrogen) atoms. The van der Waals surface area contributed by atoms with Gasteiger partial charge in [-0.05, 0) is 43.0 Å². The molecule has 132 valence electrons. The molecule has 2 aromatic carbocycles. The largest absolute Gasteiger partial charge is 0.466 e. The van der Waals surface area contributed by atoms with Gasteiger partial charge < -0.3 is 9.47 Å². The molecule has 1 amide bonds. The van der Waals surface area contributed by atoms with Gasteiger partial charge in [0.2, 0.25) is 0 Å². The first-order valence-corrected chi connectivity index (χ1v) is 8.39. The highest BCUT2D eigenvalue weighted by molar-refractivity contribution is 5.84. The van der Waals surface area contributed by atoms with Gasteiger partial charge in [0.15, 0.2) is 0 Å². The van der Waals surface area contributed by atoms with Crippen LogP contribution in [-0.2, 0) is 27.3 Å². The number of anilines is 1. The van der Waals surface area contributed by atoms with E-state index < -0.39 is 6.09 Å². The monoisotopic (exact) mass is 341 g/mol. The van der Waals surface area contributed by atoms with Crippen molar-refractivity contribution in [2.75, 3.05) is 11.9 Å². The number of esters is 1. The maximum Gasteiger partial charge on any atom is 0.411 e. The van der Waals surface area contributed by atoms with E-state index >= 15 is 0 Å². The summed E-state index contributed by atoms with van der Waals surface area (Å²) in [5.41, 5.74) is 2.65. The zero-order valence-corrected chi connectivity index (χ0v) is 14.4. The van der Waals surface area contributed by atoms with Crippen molar-refractivity contribution < 1.29 is 19.1 Å². The molecule has 0 aliphatic carbocycles. The molecular formula is C20H23NO4. The summed E-state index contributed by atoms with van der Waals surface area (Å²) in [6.45, 7) is 2.43. The van der Waals surface area contributed by atoms with Crippen molar-refractivity contribution in [2.24, 2.45) is 0 Å². The Morgan fingerprint density at radius 1 is 0.960 bits per heavy atom. The van der Waals surface area contributed by atoms with Crippen LogP contribution in [0.2, 0.25) is 0 Å². The Hall–Kier alpha value is -2.82. The Kier molecular flexibility index (Phi) is 7.50. The molecule has 0 saturated heterocycles. The molecule has 0 saturated carbocycles. The van der Waals surface area contributed by atoms with Gasteiger partial charge in [-0.2, -0.15) is 0 Å². The van der Waals surface area contributed by atoms with Gasteiger partial charge in [0, 0.05) is 12.1 Å². The van der Waals surface area contributed by atoms with Crippen LogP contribution in [0.3, 0.4) is 0 Å². The molecular weight excluding hydrogens is 318 g/mol. The lowest BCUT2D eigenvalue weighted by atomic mass is 10.1. The van der Waals surface area contributed by atoms with Gasteiger partial charge >= 0.3 is 12.1 Å². The number of hydrogen-bond acceptors (Lipinski definition) is 4. The van der Waals surface area contributed by atoms with Crippen LogP contribution >= 0.6 is 0 Å². The highest BCUT2D eigenvalue weighted by Gasteiger charge is 2.06. The van der Waals surface area contributed by atoms with E-state index in [9.17, 15) is 9.59 Å². The van der Waals surface area contributed by atoms with Crippen LogP contribution in [0.5, 0.6) is 0 Å². The van der Waals surface area contributed by atoms with Gasteiger partial charge in [-0.3, -0.25) is 10.1 Å². The minimum atomic E-state index is -0.493. The zero-order valence-electron chi connectivity index (χ0n) is 14.4. The molecule has 0 aliphatic rings. The molecule has 0 aliphatic heterocycles. The van der Waals surface area contributed by atoms with Crippen LogP contribution in [0.25, 0.3) is 0 Å². The minimum absolute atomic E-state index is 0.179. The van der Waals surface area contributed by atoms with Gasteiger partial charge in [0.1, 0.15) is 6.61 Å². The number of hydrogen-bond donors (Lipinski definition) is 1. The second-order valence-electron chi connectivity index (χ2n) is 5.55. The summed E-state index contributed by atoms with van der Waals surface area (Å²) in [6.07, 6.45) is 1.35. The van der Waals surface area contributed by atoms with Gasteiger partial charge in [-0.1, -0.05) is 42.5 Å². The van der Waals surface area contributed by atoms with Gasteiger partial charge in [0.25, 0.3) is 0 Å². The Balaban J connectivity index is 1.78. The summed E-state index contributed by atoms with van der Waals surface area (Å²) in [4.78, 5) is 23.2. The van der Waals surface area contributed by atoms with Crippen LogP contribution < -0.4 is 5.32 Å². The fourth-order valence-corrected chi connectivity index (χ4v) is 2.35. The average molecular weight is 341 g/mol. The van der Waals surface area contributed by atoms with Crippen molar-refractivity contribution >= 4 is 17.7 Å². The van der Waals surface area contributed by atoms with Crippen LogP contribution in [0.15, 0.2) is 54.6 Å². The second kappa shape index (κ2) is 10.1. The number of benzene rings is 2. The number of rotatable bonds is 8. The molecule has 2 aromatic rings. The van der Waals surface area contributed by atoms with E-state index in [1.54, 1.807) is 13.0 Å². The summed E-state index contributed by atoms with van der Waals surface area (Å²) >= 11 is 0. The Morgan fingerprint density at radius 2 is 1.72 bits per heavy atom. The van der Waals surface area contributed by atoms with E-state index in [-0.39, 0.29) is 12.6 Å². The van der Waals surface area contributed by atoms with E-state index in [0.29, 0.717) is 25.1 Å². The molecule has 0 aromatic heterocycles. The molecule has 0 unspecified atom stereocenters. The van der Waals surface area contributed by atoms with Crippen molar-refractivity contribution in [1.29, 1.82) is 0 Å². The standard InChI is InChI=1S/C20H23NO4/c1-2-24-19(22)13-7-11-16-10-6-12-18(14-16)21-20(23)25-15-17-8-4-3-5-9-17/h3-6,8-10,12,14H,2,7,11,13,15H2,1H3,(H,21,23). The zero-order chi connectivity index (χ0) is 17.9. The Morgan fingerprint density at radius 3 is 2.48 bits per heavy atom. The van der Waals surface area contributed by atoms with E-state index in [0.717, 1.165) is 17.5 Å². The smallest absolute Gasteiger partial charge is 0.411 e. The maximum absolute atomic E-state index is 11.9. The fourth-order valence-electron chi connectivity index (χ4n) is 2.35. The SMILES string of the molecule is CCOC(=O)CCCc1cccc(NC(=O)OCc2ccccc2)c1. The van der Waals surface area contributed by atoms with Gasteiger partial charge in [-0.15, -0.1) is 0 Å². The number of aryl methyl sites for hydroxylation is 1. The molecule has 0 atom stereocenters. The molecule has 1 N–H and O–H groups in total. The minimum Gasteiger partial charge on any atom is -0.466 e. The highest BCUT2D eigenvalue weighted by atomic mass is 16.5. The number of carbonyl (C=O) groups excluding carboxylic acids is 2. The first-order valence-electron chi connectivity index (χ1n) is 8.39. The summed E-state index contributed by atoms with van der Waals surface area (Å²) in [5, 5.41) is 2.72. The first kappa shape index (κ1) is 18.5. The number of carbonyl (C=O) groups is 2. The topological polar surface area (TPSA) is 64.6 Å². The Bertz CT molecular complexity index is 685. The van der Waals surface area contributed by atoms with E-state index in [1.807, 2.05) is 48.5 Å². The summed E-state index contributed by atoms with van der Waals surface area (Å²) < 4.78 is 10.1. The quantitative estimate of drug-likeness (QED) is 0.726. The average Bonchev–Trinajstić information content (AvgIpc) is 2.61. The molecule has 0 radical (unpaired) electrons. The number of ether oxygens (including phenoxy) is 2. The van der Waals surface area contributed by atoms with Crippen LogP contribution in [-0.4, -0.2) is 18.7 Å². The first-order chi connectivity index (χ1) is 12.2. The predicted octanol–water partition coefficient (Wildman–Crippen LogP) is 4.32. The number of amides is 1. The molecule has 0 heterocycles. The highest BCUT2D eigenvalue weighted by Crippen LogP contribution is 2.14. The van der Waals surface area contributed by atoms with Crippen molar-refractivity contribution in [2.45, 2.75) is 32.8 Å².